The second kappa shape index (κ2) is 7.95. The van der Waals surface area contributed by atoms with Crippen LogP contribution in [0.25, 0.3) is 17.8 Å². The first-order valence-electron chi connectivity index (χ1n) is 5.59. The number of hydrogen-bond acceptors (Lipinski definition) is 1. The van der Waals surface area contributed by atoms with Crippen LogP contribution < -0.4 is 0 Å². The molecule has 0 bridgehead atoms. The van der Waals surface area contributed by atoms with Crippen molar-refractivity contribution in [2.75, 3.05) is 0 Å². The Morgan fingerprint density at radius 3 is 2.25 bits per heavy atom. The first-order valence-corrected chi connectivity index (χ1v) is 5.59. The second-order valence-corrected chi connectivity index (χ2v) is 3.88. The van der Waals surface area contributed by atoms with Crippen LogP contribution in [0, 0.1) is 0 Å². The summed E-state index contributed by atoms with van der Waals surface area (Å²) >= 11 is 0. The molecule has 0 spiro atoms. The normalized spacial score (nSPS) is 9.60. The number of fused-ring (bicyclic) bond motifs is 1. The van der Waals surface area contributed by atoms with E-state index in [1.807, 2.05) is 59.3 Å². The molecule has 2 nitrogen and oxygen atoms in total. The van der Waals surface area contributed by atoms with E-state index in [1.54, 1.807) is 0 Å². The van der Waals surface area contributed by atoms with E-state index in [0.29, 0.717) is 0 Å². The third kappa shape index (κ3) is 3.82. The Morgan fingerprint density at radius 2 is 1.55 bits per heavy atom. The Kier molecular flexibility index (Phi) is 7.01. The van der Waals surface area contributed by atoms with Gasteiger partial charge in [0.2, 0.25) is 0 Å². The molecule has 0 radical (unpaired) electrons. The standard InChI is InChI=1S/C15H12N2.3CH4.H2/c1-2-6-13(7-3-1)9-10-14-12-17-11-5-4-8-15(17)16-14;;;;/h1-12H;3*1H4;1H/b10-9+;;;;/i;;;;1+1. The highest BCUT2D eigenvalue weighted by molar-refractivity contribution is 5.68. The maximum absolute atomic E-state index is 4.50. The van der Waals surface area contributed by atoms with Crippen molar-refractivity contribution in [2.45, 2.75) is 22.3 Å². The van der Waals surface area contributed by atoms with Crippen LogP contribution in [-0.4, -0.2) is 9.38 Å². The van der Waals surface area contributed by atoms with E-state index in [2.05, 4.69) is 23.2 Å². The minimum atomic E-state index is 0. The van der Waals surface area contributed by atoms with Crippen molar-refractivity contribution in [1.82, 2.24) is 9.38 Å². The molecule has 0 aliphatic rings. The fraction of sp³-hybridized carbons (Fsp3) is 0.167. The predicted octanol–water partition coefficient (Wildman–Crippen LogP) is 5.66. The number of hydrogen-bond donors (Lipinski definition) is 0. The number of pyridine rings is 1. The van der Waals surface area contributed by atoms with Gasteiger partial charge in [0, 0.05) is 13.8 Å². The first kappa shape index (κ1) is 17.6. The molecule has 0 atom stereocenters. The lowest BCUT2D eigenvalue weighted by molar-refractivity contribution is 1.19. The van der Waals surface area contributed by atoms with E-state index >= 15 is 0 Å². The van der Waals surface area contributed by atoms with Crippen molar-refractivity contribution in [3.63, 3.8) is 0 Å². The summed E-state index contributed by atoms with van der Waals surface area (Å²) in [5, 5.41) is 0. The number of aromatic nitrogens is 2. The van der Waals surface area contributed by atoms with Crippen molar-refractivity contribution in [3.8, 4) is 0 Å². The fourth-order valence-electron chi connectivity index (χ4n) is 1.78. The Hall–Kier alpha value is -2.35. The predicted molar refractivity (Wildman–Crippen MR) is 92.9 cm³/mol. The van der Waals surface area contributed by atoms with Crippen molar-refractivity contribution in [3.05, 3.63) is 72.2 Å². The monoisotopic (exact) mass is 271 g/mol. The Balaban J connectivity index is 0. The lowest BCUT2D eigenvalue weighted by atomic mass is 10.2. The summed E-state index contributed by atoms with van der Waals surface area (Å²) in [5.41, 5.74) is 3.13. The average Bonchev–Trinajstić information content (AvgIpc) is 2.80. The van der Waals surface area contributed by atoms with Gasteiger partial charge in [-0.25, -0.2) is 4.98 Å². The topological polar surface area (TPSA) is 17.3 Å². The summed E-state index contributed by atoms with van der Waals surface area (Å²) < 4.78 is 2.02. The Bertz CT molecular complexity index is 624. The third-order valence-electron chi connectivity index (χ3n) is 2.63. The molecular weight excluding hydrogens is 244 g/mol. The number of imidazole rings is 1. The highest BCUT2D eigenvalue weighted by Gasteiger charge is 1.96. The van der Waals surface area contributed by atoms with Crippen molar-refractivity contribution < 1.29 is 1.43 Å². The van der Waals surface area contributed by atoms with E-state index in [9.17, 15) is 0 Å². The highest BCUT2D eigenvalue weighted by atomic mass is 15.0. The lowest BCUT2D eigenvalue weighted by Crippen LogP contribution is -1.77. The molecule has 2 heterocycles. The van der Waals surface area contributed by atoms with E-state index in [-0.39, 0.29) is 23.7 Å². The van der Waals surface area contributed by atoms with Crippen LogP contribution in [0.5, 0.6) is 0 Å². The quantitative estimate of drug-likeness (QED) is 0.588. The molecule has 1 aromatic carbocycles. The van der Waals surface area contributed by atoms with Crippen LogP contribution in [0.3, 0.4) is 0 Å². The summed E-state index contributed by atoms with van der Waals surface area (Å²) in [6, 6.07) is 16.2. The summed E-state index contributed by atoms with van der Waals surface area (Å²) in [6.45, 7) is 0. The summed E-state index contributed by atoms with van der Waals surface area (Å²) in [6.07, 6.45) is 8.13. The van der Waals surface area contributed by atoms with Gasteiger partial charge in [-0.1, -0.05) is 64.8 Å². The fourth-order valence-corrected chi connectivity index (χ4v) is 1.78. The zero-order valence-electron chi connectivity index (χ0n) is 9.32. The molecular formula is C18H26N2. The molecule has 0 amide bonds. The molecule has 2 aromatic heterocycles. The average molecular weight is 271 g/mol. The Labute approximate surface area is 123 Å². The lowest BCUT2D eigenvalue weighted by Gasteiger charge is -1.89. The number of rotatable bonds is 2. The summed E-state index contributed by atoms with van der Waals surface area (Å²) in [4.78, 5) is 4.50. The van der Waals surface area contributed by atoms with Gasteiger partial charge in [-0.2, -0.15) is 0 Å². The molecule has 0 saturated carbocycles. The third-order valence-corrected chi connectivity index (χ3v) is 2.63. The first-order chi connectivity index (χ1) is 8.42. The largest absolute Gasteiger partial charge is 0.306 e. The van der Waals surface area contributed by atoms with E-state index in [1.165, 1.54) is 5.56 Å². The molecule has 0 aliphatic heterocycles. The Morgan fingerprint density at radius 1 is 0.850 bits per heavy atom. The molecule has 0 saturated heterocycles. The van der Waals surface area contributed by atoms with Crippen LogP contribution in [0.2, 0.25) is 0 Å². The molecule has 0 unspecified atom stereocenters. The van der Waals surface area contributed by atoms with Crippen LogP contribution in [0.4, 0.5) is 0 Å². The van der Waals surface area contributed by atoms with Crippen LogP contribution >= 0.6 is 0 Å². The minimum absolute atomic E-state index is 0. The van der Waals surface area contributed by atoms with Crippen molar-refractivity contribution in [1.29, 1.82) is 0 Å². The van der Waals surface area contributed by atoms with Gasteiger partial charge in [0.1, 0.15) is 5.65 Å². The van der Waals surface area contributed by atoms with Crippen molar-refractivity contribution >= 4 is 17.8 Å². The molecule has 108 valence electrons. The van der Waals surface area contributed by atoms with Crippen LogP contribution in [0.1, 0.15) is 35.0 Å². The van der Waals surface area contributed by atoms with E-state index in [4.69, 9.17) is 0 Å². The maximum Gasteiger partial charge on any atom is 0.137 e. The molecule has 2 heteroatoms. The van der Waals surface area contributed by atoms with Crippen LogP contribution in [0.15, 0.2) is 60.9 Å². The summed E-state index contributed by atoms with van der Waals surface area (Å²) in [5.74, 6) is 0. The number of nitrogens with zero attached hydrogens (tertiary/aromatic N) is 2. The molecule has 3 aromatic rings. The van der Waals surface area contributed by atoms with E-state index < -0.39 is 0 Å². The molecule has 0 N–H and O–H groups in total. The molecule has 0 fully saturated rings. The minimum Gasteiger partial charge on any atom is -0.306 e. The van der Waals surface area contributed by atoms with Crippen molar-refractivity contribution in [2.24, 2.45) is 0 Å². The second-order valence-electron chi connectivity index (χ2n) is 3.88. The summed E-state index contributed by atoms with van der Waals surface area (Å²) in [7, 11) is 0. The van der Waals surface area contributed by atoms with Gasteiger partial charge < -0.3 is 4.40 Å². The molecule has 3 rings (SSSR count). The van der Waals surface area contributed by atoms with Gasteiger partial charge in [0.05, 0.1) is 5.69 Å². The van der Waals surface area contributed by atoms with Gasteiger partial charge in [0.25, 0.3) is 0 Å². The van der Waals surface area contributed by atoms with Gasteiger partial charge in [-0.05, 0) is 23.8 Å². The highest BCUT2D eigenvalue weighted by Crippen LogP contribution is 2.09. The molecule has 20 heavy (non-hydrogen) atoms. The maximum atomic E-state index is 4.50. The van der Waals surface area contributed by atoms with Gasteiger partial charge in [-0.15, -0.1) is 0 Å². The zero-order chi connectivity index (χ0) is 11.5. The SMILES string of the molecule is C.C.C.C(=C\c1cn2ccccc2n1)/c1ccccc1.[2HH]. The smallest absolute Gasteiger partial charge is 0.137 e. The van der Waals surface area contributed by atoms with Gasteiger partial charge in [0.15, 0.2) is 0 Å². The zero-order valence-corrected chi connectivity index (χ0v) is 9.32. The van der Waals surface area contributed by atoms with E-state index in [0.717, 1.165) is 11.3 Å². The van der Waals surface area contributed by atoms with Gasteiger partial charge >= 0.3 is 0 Å². The van der Waals surface area contributed by atoms with Gasteiger partial charge in [-0.3, -0.25) is 0 Å². The molecule has 0 aliphatic carbocycles. The van der Waals surface area contributed by atoms with Crippen LogP contribution in [-0.2, 0) is 0 Å². The number of benzene rings is 1.